The Kier molecular flexibility index (Phi) is 6.99. The van der Waals surface area contributed by atoms with Crippen molar-refractivity contribution in [1.82, 2.24) is 5.32 Å². The van der Waals surface area contributed by atoms with E-state index in [1.165, 1.54) is 43.5 Å². The fraction of sp³-hybridized carbons (Fsp3) is 0.556. The summed E-state index contributed by atoms with van der Waals surface area (Å²) < 4.78 is 28.1. The van der Waals surface area contributed by atoms with E-state index in [-0.39, 0.29) is 29.0 Å². The minimum atomic E-state index is -3.40. The van der Waals surface area contributed by atoms with Gasteiger partial charge in [-0.05, 0) is 31.0 Å². The molecule has 25 heavy (non-hydrogen) atoms. The highest BCUT2D eigenvalue weighted by molar-refractivity contribution is 7.90. The van der Waals surface area contributed by atoms with Crippen molar-refractivity contribution in [2.75, 3.05) is 12.9 Å². The standard InChI is InChI=1S/C18H25NO5S/c1-25(22,23)16-11-7-8-14(12-16)18(21)24-13-17(20)19-15-9-5-3-2-4-6-10-15/h7-8,11-12,15H,2-6,9-10,13H2,1H3,(H,19,20). The lowest BCUT2D eigenvalue weighted by atomic mass is 9.97. The molecule has 0 unspecified atom stereocenters. The van der Waals surface area contributed by atoms with Gasteiger partial charge in [0.15, 0.2) is 16.4 Å². The zero-order chi connectivity index (χ0) is 18.3. The van der Waals surface area contributed by atoms with E-state index in [0.717, 1.165) is 31.9 Å². The summed E-state index contributed by atoms with van der Waals surface area (Å²) in [4.78, 5) is 24.1. The highest BCUT2D eigenvalue weighted by Gasteiger charge is 2.17. The summed E-state index contributed by atoms with van der Waals surface area (Å²) in [5.41, 5.74) is 0.113. The van der Waals surface area contributed by atoms with Crippen LogP contribution < -0.4 is 5.32 Å². The maximum Gasteiger partial charge on any atom is 0.338 e. The average Bonchev–Trinajstić information content (AvgIpc) is 2.54. The van der Waals surface area contributed by atoms with Gasteiger partial charge in [-0.15, -0.1) is 0 Å². The largest absolute Gasteiger partial charge is 0.452 e. The number of carbonyl (C=O) groups is 2. The van der Waals surface area contributed by atoms with Crippen LogP contribution in [0.1, 0.15) is 55.3 Å². The van der Waals surface area contributed by atoms with E-state index in [1.54, 1.807) is 0 Å². The second-order valence-corrected chi connectivity index (χ2v) is 8.50. The van der Waals surface area contributed by atoms with Crippen LogP contribution >= 0.6 is 0 Å². The number of hydrogen-bond acceptors (Lipinski definition) is 5. The molecular formula is C18H25NO5S. The van der Waals surface area contributed by atoms with E-state index < -0.39 is 15.8 Å². The van der Waals surface area contributed by atoms with Crippen molar-refractivity contribution in [1.29, 1.82) is 0 Å². The molecule has 0 saturated heterocycles. The van der Waals surface area contributed by atoms with Crippen LogP contribution in [0.5, 0.6) is 0 Å². The van der Waals surface area contributed by atoms with Crippen LogP contribution in [0.15, 0.2) is 29.2 Å². The van der Waals surface area contributed by atoms with Crippen molar-refractivity contribution in [3.05, 3.63) is 29.8 Å². The number of ether oxygens (including phenoxy) is 1. The van der Waals surface area contributed by atoms with Gasteiger partial charge >= 0.3 is 5.97 Å². The van der Waals surface area contributed by atoms with E-state index in [9.17, 15) is 18.0 Å². The summed E-state index contributed by atoms with van der Waals surface area (Å²) in [6.45, 7) is -0.363. The second kappa shape index (κ2) is 8.99. The number of hydrogen-bond donors (Lipinski definition) is 1. The first-order valence-corrected chi connectivity index (χ1v) is 10.5. The molecule has 1 saturated carbocycles. The van der Waals surface area contributed by atoms with Crippen LogP contribution in [0.25, 0.3) is 0 Å². The molecule has 1 aliphatic rings. The number of nitrogens with one attached hydrogen (secondary N) is 1. The molecular weight excluding hydrogens is 342 g/mol. The topological polar surface area (TPSA) is 89.5 Å². The van der Waals surface area contributed by atoms with Gasteiger partial charge < -0.3 is 10.1 Å². The number of carbonyl (C=O) groups excluding carboxylic acids is 2. The first-order valence-electron chi connectivity index (χ1n) is 8.63. The van der Waals surface area contributed by atoms with Crippen LogP contribution in [0.4, 0.5) is 0 Å². The predicted octanol–water partition coefficient (Wildman–Crippen LogP) is 2.48. The van der Waals surface area contributed by atoms with Gasteiger partial charge in [0.2, 0.25) is 0 Å². The third kappa shape index (κ3) is 6.49. The molecule has 1 N–H and O–H groups in total. The van der Waals surface area contributed by atoms with Gasteiger partial charge in [-0.25, -0.2) is 13.2 Å². The number of rotatable bonds is 5. The fourth-order valence-electron chi connectivity index (χ4n) is 2.94. The lowest BCUT2D eigenvalue weighted by Crippen LogP contribution is -2.38. The van der Waals surface area contributed by atoms with Crippen LogP contribution in [0, 0.1) is 0 Å². The molecule has 0 atom stereocenters. The molecule has 0 spiro atoms. The van der Waals surface area contributed by atoms with Gasteiger partial charge in [0.05, 0.1) is 10.5 Å². The maximum absolute atomic E-state index is 12.0. The number of esters is 1. The van der Waals surface area contributed by atoms with Crippen molar-refractivity contribution in [3.63, 3.8) is 0 Å². The van der Waals surface area contributed by atoms with E-state index >= 15 is 0 Å². The Balaban J connectivity index is 1.85. The fourth-order valence-corrected chi connectivity index (χ4v) is 3.60. The van der Waals surface area contributed by atoms with Crippen LogP contribution in [0.2, 0.25) is 0 Å². The SMILES string of the molecule is CS(=O)(=O)c1cccc(C(=O)OCC(=O)NC2CCCCCCC2)c1. The summed E-state index contributed by atoms with van der Waals surface area (Å²) in [6.07, 6.45) is 8.82. The average molecular weight is 367 g/mol. The van der Waals surface area contributed by atoms with Crippen LogP contribution in [0.3, 0.4) is 0 Å². The van der Waals surface area contributed by atoms with Crippen molar-refractivity contribution < 1.29 is 22.7 Å². The summed E-state index contributed by atoms with van der Waals surface area (Å²) in [5, 5.41) is 2.92. The van der Waals surface area contributed by atoms with Gasteiger partial charge in [0.25, 0.3) is 5.91 Å². The molecule has 0 aliphatic heterocycles. The molecule has 0 radical (unpaired) electrons. The minimum Gasteiger partial charge on any atom is -0.452 e. The van der Waals surface area contributed by atoms with Crippen LogP contribution in [-0.2, 0) is 19.4 Å². The van der Waals surface area contributed by atoms with E-state index in [1.807, 2.05) is 0 Å². The minimum absolute atomic E-state index is 0.0425. The van der Waals surface area contributed by atoms with Gasteiger partial charge in [-0.2, -0.15) is 0 Å². The number of benzene rings is 1. The molecule has 6 nitrogen and oxygen atoms in total. The molecule has 1 fully saturated rings. The molecule has 138 valence electrons. The Labute approximate surface area is 148 Å². The van der Waals surface area contributed by atoms with Gasteiger partial charge in [-0.3, -0.25) is 4.79 Å². The zero-order valence-corrected chi connectivity index (χ0v) is 15.3. The highest BCUT2D eigenvalue weighted by Crippen LogP contribution is 2.17. The highest BCUT2D eigenvalue weighted by atomic mass is 32.2. The molecule has 1 aromatic rings. The van der Waals surface area contributed by atoms with E-state index in [2.05, 4.69) is 5.32 Å². The zero-order valence-electron chi connectivity index (χ0n) is 14.5. The summed E-state index contributed by atoms with van der Waals surface area (Å²) in [6, 6.07) is 5.74. The molecule has 1 aromatic carbocycles. The second-order valence-electron chi connectivity index (χ2n) is 6.49. The lowest BCUT2D eigenvalue weighted by Gasteiger charge is -2.20. The Morgan fingerprint density at radius 3 is 2.40 bits per heavy atom. The number of sulfone groups is 1. The molecule has 0 heterocycles. The molecule has 2 rings (SSSR count). The molecule has 1 aliphatic carbocycles. The third-order valence-electron chi connectivity index (χ3n) is 4.30. The lowest BCUT2D eigenvalue weighted by molar-refractivity contribution is -0.125. The summed E-state index contributed by atoms with van der Waals surface area (Å²) in [5.74, 6) is -1.03. The maximum atomic E-state index is 12.0. The quantitative estimate of drug-likeness (QED) is 0.808. The molecule has 0 aromatic heterocycles. The Morgan fingerprint density at radius 2 is 1.76 bits per heavy atom. The van der Waals surface area contributed by atoms with Crippen LogP contribution in [-0.4, -0.2) is 39.2 Å². The first kappa shape index (κ1) is 19.4. The summed E-state index contributed by atoms with van der Waals surface area (Å²) in [7, 11) is -3.40. The van der Waals surface area contributed by atoms with Crippen molar-refractivity contribution in [2.24, 2.45) is 0 Å². The Hall–Kier alpha value is -1.89. The van der Waals surface area contributed by atoms with Gasteiger partial charge in [-0.1, -0.05) is 38.2 Å². The monoisotopic (exact) mass is 367 g/mol. The molecule has 0 bridgehead atoms. The van der Waals surface area contributed by atoms with Gasteiger partial charge in [0.1, 0.15) is 0 Å². The van der Waals surface area contributed by atoms with Crippen molar-refractivity contribution in [3.8, 4) is 0 Å². The smallest absolute Gasteiger partial charge is 0.338 e. The van der Waals surface area contributed by atoms with E-state index in [0.29, 0.717) is 0 Å². The molecule has 1 amide bonds. The first-order chi connectivity index (χ1) is 11.9. The van der Waals surface area contributed by atoms with Crippen molar-refractivity contribution in [2.45, 2.75) is 55.9 Å². The summed E-state index contributed by atoms with van der Waals surface area (Å²) >= 11 is 0. The number of amides is 1. The van der Waals surface area contributed by atoms with Crippen molar-refractivity contribution >= 4 is 21.7 Å². The van der Waals surface area contributed by atoms with Gasteiger partial charge in [0, 0.05) is 12.3 Å². The predicted molar refractivity (Wildman–Crippen MR) is 94.1 cm³/mol. The molecule has 7 heteroatoms. The van der Waals surface area contributed by atoms with E-state index in [4.69, 9.17) is 4.74 Å². The third-order valence-corrected chi connectivity index (χ3v) is 5.41. The normalized spacial score (nSPS) is 16.5. The Bertz CT molecular complexity index is 706. The Morgan fingerprint density at radius 1 is 1.12 bits per heavy atom.